The largest absolute Gasteiger partial charge is 0.478 e. The first-order chi connectivity index (χ1) is 9.02. The van der Waals surface area contributed by atoms with E-state index in [0.29, 0.717) is 12.8 Å². The van der Waals surface area contributed by atoms with Crippen molar-refractivity contribution in [1.82, 2.24) is 0 Å². The van der Waals surface area contributed by atoms with Crippen LogP contribution in [0.25, 0.3) is 0 Å². The highest BCUT2D eigenvalue weighted by Crippen LogP contribution is 2.29. The Balaban J connectivity index is 2.12. The second kappa shape index (κ2) is 5.57. The summed E-state index contributed by atoms with van der Waals surface area (Å²) < 4.78 is 13.7. The Morgan fingerprint density at radius 1 is 1.32 bits per heavy atom. The molecule has 1 fully saturated rings. The van der Waals surface area contributed by atoms with E-state index in [-0.39, 0.29) is 17.8 Å². The predicted octanol–water partition coefficient (Wildman–Crippen LogP) is 2.63. The molecule has 0 amide bonds. The molecule has 1 aliphatic carbocycles. The lowest BCUT2D eigenvalue weighted by Gasteiger charge is -2.32. The maximum absolute atomic E-state index is 13.7. The lowest BCUT2D eigenvalue weighted by molar-refractivity contribution is 0.0166. The van der Waals surface area contributed by atoms with Crippen molar-refractivity contribution in [1.29, 1.82) is 0 Å². The summed E-state index contributed by atoms with van der Waals surface area (Å²) in [5, 5.41) is 22.1. The quantitative estimate of drug-likeness (QED) is 0.784. The third-order valence-electron chi connectivity index (χ3n) is 3.62. The standard InChI is InChI=1S/C14H18FNO3/c15-11-6-4-5-10(13(17)18)12(11)16-9-14(19)7-2-1-3-8-14/h4-6,16,19H,1-3,7-9H2,(H,17,18). The minimum Gasteiger partial charge on any atom is -0.478 e. The number of anilines is 1. The lowest BCUT2D eigenvalue weighted by atomic mass is 9.85. The molecule has 0 radical (unpaired) electrons. The Bertz CT molecular complexity index is 470. The molecule has 0 heterocycles. The van der Waals surface area contributed by atoms with Crippen molar-refractivity contribution in [2.24, 2.45) is 0 Å². The number of benzene rings is 1. The predicted molar refractivity (Wildman–Crippen MR) is 69.9 cm³/mol. The number of aromatic carboxylic acids is 1. The van der Waals surface area contributed by atoms with E-state index in [4.69, 9.17) is 5.11 Å². The monoisotopic (exact) mass is 267 g/mol. The number of para-hydroxylation sites is 1. The van der Waals surface area contributed by atoms with E-state index in [1.807, 2.05) is 0 Å². The van der Waals surface area contributed by atoms with Crippen molar-refractivity contribution in [3.05, 3.63) is 29.6 Å². The van der Waals surface area contributed by atoms with Crippen LogP contribution in [0, 0.1) is 5.82 Å². The Hall–Kier alpha value is -1.62. The fourth-order valence-electron chi connectivity index (χ4n) is 2.52. The topological polar surface area (TPSA) is 69.6 Å². The van der Waals surface area contributed by atoms with Gasteiger partial charge in [0.15, 0.2) is 0 Å². The van der Waals surface area contributed by atoms with E-state index in [1.54, 1.807) is 0 Å². The molecule has 5 heteroatoms. The van der Waals surface area contributed by atoms with Gasteiger partial charge in [-0.2, -0.15) is 0 Å². The smallest absolute Gasteiger partial charge is 0.337 e. The van der Waals surface area contributed by atoms with Gasteiger partial charge in [-0.1, -0.05) is 25.3 Å². The molecule has 1 saturated carbocycles. The van der Waals surface area contributed by atoms with E-state index in [0.717, 1.165) is 19.3 Å². The third kappa shape index (κ3) is 3.23. The zero-order chi connectivity index (χ0) is 13.9. The number of carboxylic acid groups (broad SMARTS) is 1. The summed E-state index contributed by atoms with van der Waals surface area (Å²) in [7, 11) is 0. The molecule has 1 aromatic rings. The third-order valence-corrected chi connectivity index (χ3v) is 3.62. The van der Waals surface area contributed by atoms with E-state index in [2.05, 4.69) is 5.32 Å². The van der Waals surface area contributed by atoms with Crippen LogP contribution in [0.1, 0.15) is 42.5 Å². The molecule has 4 nitrogen and oxygen atoms in total. The Morgan fingerprint density at radius 2 is 2.00 bits per heavy atom. The second-order valence-electron chi connectivity index (χ2n) is 5.11. The average Bonchev–Trinajstić information content (AvgIpc) is 2.38. The molecular formula is C14H18FNO3. The molecule has 19 heavy (non-hydrogen) atoms. The summed E-state index contributed by atoms with van der Waals surface area (Å²) in [5.74, 6) is -1.79. The number of rotatable bonds is 4. The highest BCUT2D eigenvalue weighted by Gasteiger charge is 2.29. The molecule has 1 aliphatic rings. The number of hydrogen-bond donors (Lipinski definition) is 3. The highest BCUT2D eigenvalue weighted by atomic mass is 19.1. The molecule has 0 atom stereocenters. The fraction of sp³-hybridized carbons (Fsp3) is 0.500. The van der Waals surface area contributed by atoms with Crippen LogP contribution in [-0.4, -0.2) is 28.3 Å². The summed E-state index contributed by atoms with van der Waals surface area (Å²) >= 11 is 0. The van der Waals surface area contributed by atoms with Gasteiger partial charge in [-0.3, -0.25) is 0 Å². The first kappa shape index (κ1) is 13.8. The molecule has 0 aromatic heterocycles. The molecular weight excluding hydrogens is 249 g/mol. The molecule has 2 rings (SSSR count). The average molecular weight is 267 g/mol. The van der Waals surface area contributed by atoms with Crippen molar-refractivity contribution in [2.75, 3.05) is 11.9 Å². The van der Waals surface area contributed by atoms with Crippen LogP contribution in [0.3, 0.4) is 0 Å². The molecule has 0 saturated heterocycles. The van der Waals surface area contributed by atoms with Gasteiger partial charge in [0.05, 0.1) is 16.9 Å². The number of aliphatic hydroxyl groups is 1. The Labute approximate surface area is 111 Å². The molecule has 1 aromatic carbocycles. The number of carbonyl (C=O) groups is 1. The summed E-state index contributed by atoms with van der Waals surface area (Å²) in [6, 6.07) is 3.91. The van der Waals surface area contributed by atoms with Crippen LogP contribution in [0.5, 0.6) is 0 Å². The van der Waals surface area contributed by atoms with Gasteiger partial charge < -0.3 is 15.5 Å². The summed E-state index contributed by atoms with van der Waals surface area (Å²) in [4.78, 5) is 11.0. The first-order valence-electron chi connectivity index (χ1n) is 6.50. The molecule has 0 aliphatic heterocycles. The van der Waals surface area contributed by atoms with Crippen LogP contribution < -0.4 is 5.32 Å². The normalized spacial score (nSPS) is 18.0. The van der Waals surface area contributed by atoms with Crippen LogP contribution >= 0.6 is 0 Å². The number of nitrogens with one attached hydrogen (secondary N) is 1. The highest BCUT2D eigenvalue weighted by molar-refractivity contribution is 5.94. The van der Waals surface area contributed by atoms with E-state index in [9.17, 15) is 14.3 Å². The molecule has 0 unspecified atom stereocenters. The SMILES string of the molecule is O=C(O)c1cccc(F)c1NCC1(O)CCCCC1. The van der Waals surface area contributed by atoms with Crippen molar-refractivity contribution < 1.29 is 19.4 Å². The maximum Gasteiger partial charge on any atom is 0.337 e. The minimum absolute atomic E-state index is 0.0472. The van der Waals surface area contributed by atoms with Gasteiger partial charge in [0, 0.05) is 6.54 Å². The number of carboxylic acids is 1. The van der Waals surface area contributed by atoms with Crippen LogP contribution in [-0.2, 0) is 0 Å². The Morgan fingerprint density at radius 3 is 2.63 bits per heavy atom. The molecule has 0 bridgehead atoms. The van der Waals surface area contributed by atoms with Gasteiger partial charge in [-0.15, -0.1) is 0 Å². The maximum atomic E-state index is 13.7. The molecule has 104 valence electrons. The van der Waals surface area contributed by atoms with E-state index < -0.39 is 17.4 Å². The van der Waals surface area contributed by atoms with Crippen LogP contribution in [0.15, 0.2) is 18.2 Å². The molecule has 3 N–H and O–H groups in total. The molecule has 0 spiro atoms. The number of hydrogen-bond acceptors (Lipinski definition) is 3. The minimum atomic E-state index is -1.18. The van der Waals surface area contributed by atoms with Crippen LogP contribution in [0.4, 0.5) is 10.1 Å². The Kier molecular flexibility index (Phi) is 4.04. The van der Waals surface area contributed by atoms with Crippen molar-refractivity contribution in [2.45, 2.75) is 37.7 Å². The first-order valence-corrected chi connectivity index (χ1v) is 6.50. The number of halogens is 1. The van der Waals surface area contributed by atoms with Crippen molar-refractivity contribution in [3.8, 4) is 0 Å². The van der Waals surface area contributed by atoms with E-state index >= 15 is 0 Å². The summed E-state index contributed by atoms with van der Waals surface area (Å²) in [6.45, 7) is 0.175. The zero-order valence-electron chi connectivity index (χ0n) is 10.7. The summed E-state index contributed by atoms with van der Waals surface area (Å²) in [6.07, 6.45) is 4.32. The lowest BCUT2D eigenvalue weighted by Crippen LogP contribution is -2.39. The van der Waals surface area contributed by atoms with Gasteiger partial charge in [0.25, 0.3) is 0 Å². The van der Waals surface area contributed by atoms with Gasteiger partial charge in [-0.05, 0) is 25.0 Å². The fourth-order valence-corrected chi connectivity index (χ4v) is 2.52. The van der Waals surface area contributed by atoms with Gasteiger partial charge >= 0.3 is 5.97 Å². The van der Waals surface area contributed by atoms with Crippen LogP contribution in [0.2, 0.25) is 0 Å². The second-order valence-corrected chi connectivity index (χ2v) is 5.11. The van der Waals surface area contributed by atoms with Crippen molar-refractivity contribution >= 4 is 11.7 Å². The van der Waals surface area contributed by atoms with E-state index in [1.165, 1.54) is 18.2 Å². The van der Waals surface area contributed by atoms with Gasteiger partial charge in [-0.25, -0.2) is 9.18 Å². The van der Waals surface area contributed by atoms with Gasteiger partial charge in [0.1, 0.15) is 5.82 Å². The van der Waals surface area contributed by atoms with Gasteiger partial charge in [0.2, 0.25) is 0 Å². The zero-order valence-corrected chi connectivity index (χ0v) is 10.7. The van der Waals surface area contributed by atoms with Crippen molar-refractivity contribution in [3.63, 3.8) is 0 Å². The summed E-state index contributed by atoms with van der Waals surface area (Å²) in [5.41, 5.74) is -1.02.